The van der Waals surface area contributed by atoms with Crippen molar-refractivity contribution in [3.8, 4) is 0 Å². The monoisotopic (exact) mass is 285 g/mol. The highest BCUT2D eigenvalue weighted by Gasteiger charge is 2.23. The van der Waals surface area contributed by atoms with Gasteiger partial charge in [-0.1, -0.05) is 69.5 Å². The molecule has 0 aliphatic heterocycles. The van der Waals surface area contributed by atoms with E-state index in [-0.39, 0.29) is 5.41 Å². The first-order valence-corrected chi connectivity index (χ1v) is 8.49. The van der Waals surface area contributed by atoms with Gasteiger partial charge >= 0.3 is 0 Å². The van der Waals surface area contributed by atoms with Gasteiger partial charge in [-0.05, 0) is 49.3 Å². The quantitative estimate of drug-likeness (QED) is 0.720. The number of hydrogen-bond donors (Lipinski definition) is 1. The van der Waals surface area contributed by atoms with Crippen molar-refractivity contribution < 1.29 is 0 Å². The molecule has 0 fully saturated rings. The summed E-state index contributed by atoms with van der Waals surface area (Å²) >= 11 is 0. The maximum atomic E-state index is 3.58. The Balaban J connectivity index is 2.37. The number of hydrogen-bond acceptors (Lipinski definition) is 1. The molecule has 0 bridgehead atoms. The van der Waals surface area contributed by atoms with Crippen LogP contribution >= 0.6 is 0 Å². The predicted molar refractivity (Wildman–Crippen MR) is 92.7 cm³/mol. The summed E-state index contributed by atoms with van der Waals surface area (Å²) in [7, 11) is 2.10. The van der Waals surface area contributed by atoms with Crippen molar-refractivity contribution in [2.75, 3.05) is 7.05 Å². The highest BCUT2D eigenvalue weighted by Crippen LogP contribution is 2.35. The number of nitrogens with one attached hydrogen (secondary N) is 1. The van der Waals surface area contributed by atoms with E-state index in [0.717, 1.165) is 0 Å². The van der Waals surface area contributed by atoms with E-state index in [0.29, 0.717) is 6.04 Å². The summed E-state index contributed by atoms with van der Waals surface area (Å²) in [6.45, 7) is 6.93. The summed E-state index contributed by atoms with van der Waals surface area (Å²) in [4.78, 5) is 0. The van der Waals surface area contributed by atoms with Gasteiger partial charge in [0.15, 0.2) is 0 Å². The molecule has 1 heteroatoms. The average Bonchev–Trinajstić information content (AvgIpc) is 2.41. The molecule has 21 heavy (non-hydrogen) atoms. The van der Waals surface area contributed by atoms with Crippen LogP contribution in [0.15, 0.2) is 35.9 Å². The predicted octanol–water partition coefficient (Wildman–Crippen LogP) is 5.53. The molecule has 1 nitrogen and oxygen atoms in total. The smallest absolute Gasteiger partial charge is 0.0536 e. The molecule has 0 amide bonds. The van der Waals surface area contributed by atoms with Crippen LogP contribution in [0, 0.1) is 0 Å². The first-order chi connectivity index (χ1) is 10.0. The van der Waals surface area contributed by atoms with E-state index in [1.807, 2.05) is 0 Å². The zero-order valence-corrected chi connectivity index (χ0v) is 14.2. The molecule has 0 heterocycles. The molecule has 2 rings (SSSR count). The van der Waals surface area contributed by atoms with Crippen LogP contribution in [0.2, 0.25) is 0 Å². The number of benzene rings is 1. The van der Waals surface area contributed by atoms with Crippen LogP contribution in [0.1, 0.15) is 76.5 Å². The molecule has 116 valence electrons. The van der Waals surface area contributed by atoms with Crippen LogP contribution in [0.25, 0.3) is 0 Å². The lowest BCUT2D eigenvalue weighted by Crippen LogP contribution is -2.24. The summed E-state index contributed by atoms with van der Waals surface area (Å²) in [5.41, 5.74) is 4.70. The zero-order valence-electron chi connectivity index (χ0n) is 14.2. The van der Waals surface area contributed by atoms with Crippen LogP contribution in [-0.2, 0) is 5.41 Å². The van der Waals surface area contributed by atoms with E-state index in [9.17, 15) is 0 Å². The molecule has 0 radical (unpaired) electrons. The molecule has 1 atom stereocenters. The zero-order chi connectivity index (χ0) is 15.3. The Kier molecular flexibility index (Phi) is 5.64. The second kappa shape index (κ2) is 7.26. The second-order valence-electron chi connectivity index (χ2n) is 7.29. The minimum absolute atomic E-state index is 0.188. The summed E-state index contributed by atoms with van der Waals surface area (Å²) < 4.78 is 0. The summed E-state index contributed by atoms with van der Waals surface area (Å²) in [5, 5.41) is 3.58. The van der Waals surface area contributed by atoms with E-state index < -0.39 is 0 Å². The van der Waals surface area contributed by atoms with Gasteiger partial charge < -0.3 is 5.32 Å². The van der Waals surface area contributed by atoms with Crippen LogP contribution in [-0.4, -0.2) is 7.05 Å². The molecule has 1 N–H and O–H groups in total. The lowest BCUT2D eigenvalue weighted by atomic mass is 9.79. The van der Waals surface area contributed by atoms with Gasteiger partial charge in [0.25, 0.3) is 0 Å². The van der Waals surface area contributed by atoms with Crippen molar-refractivity contribution in [1.29, 1.82) is 0 Å². The summed E-state index contributed by atoms with van der Waals surface area (Å²) in [5.74, 6) is 0. The number of allylic oxidation sites excluding steroid dienone is 1. The molecule has 0 saturated carbocycles. The van der Waals surface area contributed by atoms with Gasteiger partial charge in [-0.25, -0.2) is 0 Å². The van der Waals surface area contributed by atoms with Gasteiger partial charge in [-0.15, -0.1) is 0 Å². The molecular weight excluding hydrogens is 254 g/mol. The Morgan fingerprint density at radius 1 is 1.00 bits per heavy atom. The summed E-state index contributed by atoms with van der Waals surface area (Å²) in [6, 6.07) is 9.32. The number of likely N-dealkylation sites (N-methyl/N-ethyl adjacent to an activating group) is 1. The van der Waals surface area contributed by atoms with Gasteiger partial charge in [0.2, 0.25) is 0 Å². The van der Waals surface area contributed by atoms with Crippen LogP contribution < -0.4 is 5.32 Å². The fraction of sp³-hybridized carbons (Fsp3) is 0.600. The molecule has 1 unspecified atom stereocenters. The SMILES string of the molecule is CNC(/C1=C/CCCCCC1)c1ccccc1C(C)(C)C. The van der Waals surface area contributed by atoms with E-state index >= 15 is 0 Å². The minimum Gasteiger partial charge on any atom is -0.310 e. The minimum atomic E-state index is 0.188. The third-order valence-electron chi connectivity index (χ3n) is 4.57. The molecule has 0 aromatic heterocycles. The molecule has 1 aliphatic carbocycles. The lowest BCUT2D eigenvalue weighted by molar-refractivity contribution is 0.544. The molecule has 1 aromatic carbocycles. The Labute approximate surface area is 130 Å². The van der Waals surface area contributed by atoms with Crippen molar-refractivity contribution in [2.24, 2.45) is 0 Å². The standard InChI is InChI=1S/C20H31N/c1-20(2,3)18-15-11-10-14-17(18)19(21-4)16-12-8-6-5-7-9-13-16/h10-12,14-15,19,21H,5-9,13H2,1-4H3/b16-12+. The second-order valence-corrected chi connectivity index (χ2v) is 7.29. The third kappa shape index (κ3) is 4.20. The van der Waals surface area contributed by atoms with E-state index in [1.165, 1.54) is 49.7 Å². The van der Waals surface area contributed by atoms with Crippen LogP contribution in [0.5, 0.6) is 0 Å². The van der Waals surface area contributed by atoms with Crippen molar-refractivity contribution >= 4 is 0 Å². The van der Waals surface area contributed by atoms with Crippen molar-refractivity contribution in [2.45, 2.75) is 70.8 Å². The number of rotatable bonds is 3. The van der Waals surface area contributed by atoms with Crippen LogP contribution in [0.3, 0.4) is 0 Å². The Morgan fingerprint density at radius 2 is 1.71 bits per heavy atom. The third-order valence-corrected chi connectivity index (χ3v) is 4.57. The average molecular weight is 285 g/mol. The van der Waals surface area contributed by atoms with Gasteiger partial charge in [0, 0.05) is 0 Å². The molecule has 1 aliphatic rings. The van der Waals surface area contributed by atoms with E-state index in [4.69, 9.17) is 0 Å². The Bertz CT molecular complexity index is 479. The largest absolute Gasteiger partial charge is 0.310 e. The van der Waals surface area contributed by atoms with Gasteiger partial charge in [-0.3, -0.25) is 0 Å². The normalized spacial score (nSPS) is 21.0. The topological polar surface area (TPSA) is 12.0 Å². The highest BCUT2D eigenvalue weighted by molar-refractivity contribution is 5.39. The molecular formula is C20H31N. The molecule has 0 saturated heterocycles. The highest BCUT2D eigenvalue weighted by atomic mass is 14.9. The maximum absolute atomic E-state index is 3.58. The van der Waals surface area contributed by atoms with Crippen molar-refractivity contribution in [3.05, 3.63) is 47.0 Å². The summed E-state index contributed by atoms with van der Waals surface area (Å²) in [6.07, 6.45) is 10.4. The van der Waals surface area contributed by atoms with Gasteiger partial charge in [0.1, 0.15) is 0 Å². The Morgan fingerprint density at radius 3 is 2.43 bits per heavy atom. The fourth-order valence-corrected chi connectivity index (χ4v) is 3.45. The first-order valence-electron chi connectivity index (χ1n) is 8.49. The van der Waals surface area contributed by atoms with Crippen molar-refractivity contribution in [3.63, 3.8) is 0 Å². The first kappa shape index (κ1) is 16.3. The fourth-order valence-electron chi connectivity index (χ4n) is 3.45. The van der Waals surface area contributed by atoms with Crippen LogP contribution in [0.4, 0.5) is 0 Å². The van der Waals surface area contributed by atoms with E-state index in [1.54, 1.807) is 5.57 Å². The van der Waals surface area contributed by atoms with Crippen molar-refractivity contribution in [1.82, 2.24) is 5.32 Å². The van der Waals surface area contributed by atoms with Gasteiger partial charge in [0.05, 0.1) is 6.04 Å². The Hall–Kier alpha value is -1.08. The molecule has 1 aromatic rings. The van der Waals surface area contributed by atoms with Gasteiger partial charge in [-0.2, -0.15) is 0 Å². The van der Waals surface area contributed by atoms with E-state index in [2.05, 4.69) is 63.5 Å². The maximum Gasteiger partial charge on any atom is 0.0536 e. The molecule has 0 spiro atoms. The lowest BCUT2D eigenvalue weighted by Gasteiger charge is -2.29.